The monoisotopic (exact) mass is 327 g/mol. The Morgan fingerprint density at radius 2 is 2.12 bits per heavy atom. The summed E-state index contributed by atoms with van der Waals surface area (Å²) in [6, 6.07) is 9.24. The molecule has 4 rings (SSSR count). The summed E-state index contributed by atoms with van der Waals surface area (Å²) in [5.74, 6) is -0.368. The standard InChI is InChI=1S/C18H17NO5/c1-2-22-17(21)23-14-12-8-9-13(10-12)18(14)16(20)24-15(19-18)11-6-4-3-5-7-11/h3-9,12-14H,2,10H2,1H3/t12-,13+,14-,18+/m1/s1. The maximum absolute atomic E-state index is 12.7. The van der Waals surface area contributed by atoms with Gasteiger partial charge in [0.05, 0.1) is 6.61 Å². The predicted molar refractivity (Wildman–Crippen MR) is 84.4 cm³/mol. The maximum Gasteiger partial charge on any atom is 0.508 e. The number of hydrogen-bond acceptors (Lipinski definition) is 6. The lowest BCUT2D eigenvalue weighted by molar-refractivity contribution is -0.144. The SMILES string of the molecule is CCOC(=O)O[C@@H]1[C@@H]2C=C[C@@H](C2)[C@]12N=C(c1ccccc1)OC2=O. The highest BCUT2D eigenvalue weighted by Gasteiger charge is 2.67. The number of aliphatic imine (C=N–C) groups is 1. The van der Waals surface area contributed by atoms with Gasteiger partial charge in [0.2, 0.25) is 11.4 Å². The summed E-state index contributed by atoms with van der Waals surface area (Å²) in [6.45, 7) is 1.92. The Labute approximate surface area is 139 Å². The predicted octanol–water partition coefficient (Wildman–Crippen LogP) is 2.48. The first-order chi connectivity index (χ1) is 11.6. The minimum Gasteiger partial charge on any atom is -0.435 e. The van der Waals surface area contributed by atoms with Gasteiger partial charge in [-0.05, 0) is 25.5 Å². The molecular weight excluding hydrogens is 310 g/mol. The first-order valence-corrected chi connectivity index (χ1v) is 8.04. The average molecular weight is 327 g/mol. The van der Waals surface area contributed by atoms with E-state index in [9.17, 15) is 9.59 Å². The van der Waals surface area contributed by atoms with Crippen LogP contribution < -0.4 is 0 Å². The van der Waals surface area contributed by atoms with Gasteiger partial charge in [-0.25, -0.2) is 14.6 Å². The summed E-state index contributed by atoms with van der Waals surface area (Å²) >= 11 is 0. The molecule has 1 aromatic carbocycles. The van der Waals surface area contributed by atoms with Crippen LogP contribution in [-0.2, 0) is 19.0 Å². The number of rotatable bonds is 3. The molecule has 2 bridgehead atoms. The van der Waals surface area contributed by atoms with Crippen LogP contribution in [0.25, 0.3) is 0 Å². The molecule has 6 heteroatoms. The second kappa shape index (κ2) is 5.47. The fraction of sp³-hybridized carbons (Fsp3) is 0.389. The minimum absolute atomic E-state index is 0.0502. The van der Waals surface area contributed by atoms with Crippen LogP contribution in [0.2, 0.25) is 0 Å². The van der Waals surface area contributed by atoms with Crippen molar-refractivity contribution < 1.29 is 23.8 Å². The van der Waals surface area contributed by atoms with Crippen LogP contribution in [0.5, 0.6) is 0 Å². The van der Waals surface area contributed by atoms with Crippen LogP contribution in [0.3, 0.4) is 0 Å². The van der Waals surface area contributed by atoms with Crippen molar-refractivity contribution in [2.45, 2.75) is 25.0 Å². The quantitative estimate of drug-likeness (QED) is 0.630. The second-order valence-electron chi connectivity index (χ2n) is 6.11. The largest absolute Gasteiger partial charge is 0.508 e. The summed E-state index contributed by atoms with van der Waals surface area (Å²) in [5.41, 5.74) is -0.471. The Hall–Kier alpha value is -2.63. The number of cyclic esters (lactones) is 1. The number of nitrogens with zero attached hydrogens (tertiary/aromatic N) is 1. The Morgan fingerprint density at radius 3 is 2.88 bits per heavy atom. The molecule has 1 saturated carbocycles. The van der Waals surface area contributed by atoms with E-state index in [0.717, 1.165) is 5.56 Å². The molecule has 124 valence electrons. The smallest absolute Gasteiger partial charge is 0.435 e. The highest BCUT2D eigenvalue weighted by atomic mass is 16.7. The Balaban J connectivity index is 1.71. The molecule has 2 aliphatic carbocycles. The summed E-state index contributed by atoms with van der Waals surface area (Å²) in [5, 5.41) is 0. The van der Waals surface area contributed by atoms with Gasteiger partial charge < -0.3 is 14.2 Å². The lowest BCUT2D eigenvalue weighted by Crippen LogP contribution is -2.51. The highest BCUT2D eigenvalue weighted by Crippen LogP contribution is 2.52. The molecule has 1 spiro atoms. The van der Waals surface area contributed by atoms with Gasteiger partial charge >= 0.3 is 12.1 Å². The van der Waals surface area contributed by atoms with E-state index < -0.39 is 23.8 Å². The average Bonchev–Trinajstić information content (AvgIpc) is 3.26. The Morgan fingerprint density at radius 1 is 1.33 bits per heavy atom. The van der Waals surface area contributed by atoms with Crippen molar-refractivity contribution in [2.75, 3.05) is 6.61 Å². The first kappa shape index (κ1) is 14.9. The molecule has 0 radical (unpaired) electrons. The molecule has 0 aromatic heterocycles. The second-order valence-corrected chi connectivity index (χ2v) is 6.11. The summed E-state index contributed by atoms with van der Waals surface area (Å²) < 4.78 is 15.8. The van der Waals surface area contributed by atoms with Crippen molar-refractivity contribution in [3.05, 3.63) is 48.0 Å². The van der Waals surface area contributed by atoms with E-state index in [4.69, 9.17) is 14.2 Å². The van der Waals surface area contributed by atoms with Crippen LogP contribution in [0, 0.1) is 11.8 Å². The van der Waals surface area contributed by atoms with E-state index in [1.807, 2.05) is 42.5 Å². The zero-order chi connectivity index (χ0) is 16.7. The van der Waals surface area contributed by atoms with Gasteiger partial charge in [0.25, 0.3) is 0 Å². The number of carbonyl (C=O) groups is 2. The molecule has 0 unspecified atom stereocenters. The molecule has 6 nitrogen and oxygen atoms in total. The van der Waals surface area contributed by atoms with E-state index in [0.29, 0.717) is 6.42 Å². The first-order valence-electron chi connectivity index (χ1n) is 8.04. The van der Waals surface area contributed by atoms with Gasteiger partial charge in [0.15, 0.2) is 0 Å². The Bertz CT molecular complexity index is 741. The van der Waals surface area contributed by atoms with E-state index in [1.54, 1.807) is 6.92 Å². The molecule has 0 saturated heterocycles. The molecule has 1 aliphatic heterocycles. The van der Waals surface area contributed by atoms with E-state index >= 15 is 0 Å². The van der Waals surface area contributed by atoms with Crippen LogP contribution in [0.4, 0.5) is 4.79 Å². The fourth-order valence-corrected chi connectivity index (χ4v) is 3.77. The van der Waals surface area contributed by atoms with Crippen molar-refractivity contribution in [1.82, 2.24) is 0 Å². The van der Waals surface area contributed by atoms with E-state index in [2.05, 4.69) is 4.99 Å². The fourth-order valence-electron chi connectivity index (χ4n) is 3.77. The molecular formula is C18H17NO5. The number of fused-ring (bicyclic) bond motifs is 3. The normalized spacial score (nSPS) is 32.8. The van der Waals surface area contributed by atoms with Crippen molar-refractivity contribution in [2.24, 2.45) is 16.8 Å². The zero-order valence-corrected chi connectivity index (χ0v) is 13.2. The van der Waals surface area contributed by atoms with Gasteiger partial charge in [0, 0.05) is 17.4 Å². The van der Waals surface area contributed by atoms with Crippen molar-refractivity contribution in [3.8, 4) is 0 Å². The number of benzene rings is 1. The lowest BCUT2D eigenvalue weighted by Gasteiger charge is -2.31. The maximum atomic E-state index is 12.7. The van der Waals surface area contributed by atoms with Crippen molar-refractivity contribution >= 4 is 18.0 Å². The topological polar surface area (TPSA) is 74.2 Å². The molecule has 4 atom stereocenters. The lowest BCUT2D eigenvalue weighted by atomic mass is 9.83. The van der Waals surface area contributed by atoms with Crippen molar-refractivity contribution in [3.63, 3.8) is 0 Å². The summed E-state index contributed by atoms with van der Waals surface area (Å²) in [4.78, 5) is 29.1. The van der Waals surface area contributed by atoms with Gasteiger partial charge in [-0.3, -0.25) is 0 Å². The third-order valence-corrected chi connectivity index (χ3v) is 4.81. The zero-order valence-electron chi connectivity index (χ0n) is 13.2. The van der Waals surface area contributed by atoms with Gasteiger partial charge in [-0.15, -0.1) is 0 Å². The van der Waals surface area contributed by atoms with Crippen LogP contribution in [-0.4, -0.2) is 36.3 Å². The molecule has 0 amide bonds. The van der Waals surface area contributed by atoms with Gasteiger partial charge in [-0.2, -0.15) is 0 Å². The van der Waals surface area contributed by atoms with Crippen LogP contribution in [0.15, 0.2) is 47.5 Å². The molecule has 1 fully saturated rings. The minimum atomic E-state index is -1.20. The molecule has 1 aromatic rings. The number of esters is 1. The van der Waals surface area contributed by atoms with E-state index in [1.165, 1.54) is 0 Å². The van der Waals surface area contributed by atoms with Gasteiger partial charge in [0.1, 0.15) is 6.10 Å². The van der Waals surface area contributed by atoms with E-state index in [-0.39, 0.29) is 24.3 Å². The van der Waals surface area contributed by atoms with Crippen molar-refractivity contribution in [1.29, 1.82) is 0 Å². The Kier molecular flexibility index (Phi) is 3.40. The van der Waals surface area contributed by atoms with Gasteiger partial charge in [-0.1, -0.05) is 30.4 Å². The molecule has 0 N–H and O–H groups in total. The summed E-state index contributed by atoms with van der Waals surface area (Å²) in [6.07, 6.45) is 3.18. The molecule has 3 aliphatic rings. The summed E-state index contributed by atoms with van der Waals surface area (Å²) in [7, 11) is 0. The number of carbonyl (C=O) groups excluding carboxylic acids is 2. The highest BCUT2D eigenvalue weighted by molar-refractivity contribution is 6.08. The van der Waals surface area contributed by atoms with Crippen LogP contribution >= 0.6 is 0 Å². The molecule has 1 heterocycles. The number of hydrogen-bond donors (Lipinski definition) is 0. The third-order valence-electron chi connectivity index (χ3n) is 4.81. The number of ether oxygens (including phenoxy) is 3. The van der Waals surface area contributed by atoms with Crippen LogP contribution in [0.1, 0.15) is 18.9 Å². The third kappa shape index (κ3) is 2.06. The molecule has 24 heavy (non-hydrogen) atoms.